The minimum absolute atomic E-state index is 0.170. The number of ether oxygens (including phenoxy) is 1. The van der Waals surface area contributed by atoms with Crippen LogP contribution in [-0.4, -0.2) is 36.6 Å². The van der Waals surface area contributed by atoms with E-state index in [2.05, 4.69) is 37.3 Å². The zero-order valence-corrected chi connectivity index (χ0v) is 14.2. The van der Waals surface area contributed by atoms with E-state index >= 15 is 0 Å². The number of morpholine rings is 1. The van der Waals surface area contributed by atoms with Gasteiger partial charge in [-0.1, -0.05) is 31.2 Å². The summed E-state index contributed by atoms with van der Waals surface area (Å²) in [7, 11) is 0. The predicted octanol–water partition coefficient (Wildman–Crippen LogP) is 3.76. The first-order valence-corrected chi connectivity index (χ1v) is 9.19. The normalized spacial score (nSPS) is 20.0. The van der Waals surface area contributed by atoms with E-state index in [4.69, 9.17) is 4.74 Å². The number of carbonyl (C=O) groups excluding carboxylic acids is 1. The van der Waals surface area contributed by atoms with Gasteiger partial charge in [0.05, 0.1) is 17.6 Å². The molecule has 1 amide bonds. The topological polar surface area (TPSA) is 29.5 Å². The average molecular weight is 327 g/mol. The number of carbonyl (C=O) groups is 1. The van der Waals surface area contributed by atoms with Gasteiger partial charge in [0.15, 0.2) is 0 Å². The largest absolute Gasteiger partial charge is 0.375 e. The Morgan fingerprint density at radius 3 is 3.00 bits per heavy atom. The number of hydrogen-bond donors (Lipinski definition) is 0. The lowest BCUT2D eigenvalue weighted by molar-refractivity contribution is -0.0224. The van der Waals surface area contributed by atoms with E-state index in [0.29, 0.717) is 19.7 Å². The van der Waals surface area contributed by atoms with Crippen LogP contribution in [0.5, 0.6) is 0 Å². The highest BCUT2D eigenvalue weighted by molar-refractivity contribution is 7.17. The van der Waals surface area contributed by atoms with Crippen LogP contribution in [0.3, 0.4) is 0 Å². The number of thiophene rings is 1. The Bertz CT molecular complexity index is 737. The van der Waals surface area contributed by atoms with E-state index in [0.717, 1.165) is 24.1 Å². The van der Waals surface area contributed by atoms with Crippen LogP contribution in [0.1, 0.15) is 34.1 Å². The van der Waals surface area contributed by atoms with Crippen molar-refractivity contribution < 1.29 is 9.53 Å². The zero-order valence-electron chi connectivity index (χ0n) is 13.4. The van der Waals surface area contributed by atoms with Gasteiger partial charge in [-0.2, -0.15) is 0 Å². The summed E-state index contributed by atoms with van der Waals surface area (Å²) in [6, 6.07) is 10.7. The van der Waals surface area contributed by atoms with Crippen molar-refractivity contribution in [1.29, 1.82) is 0 Å². The zero-order chi connectivity index (χ0) is 15.8. The minimum Gasteiger partial charge on any atom is -0.375 e. The summed E-state index contributed by atoms with van der Waals surface area (Å²) in [5.74, 6) is 0.170. The molecule has 120 valence electrons. The highest BCUT2D eigenvalue weighted by Crippen LogP contribution is 2.39. The van der Waals surface area contributed by atoms with Crippen molar-refractivity contribution in [2.24, 2.45) is 0 Å². The molecule has 2 aliphatic rings. The molecule has 3 nitrogen and oxygen atoms in total. The Balaban J connectivity index is 1.62. The summed E-state index contributed by atoms with van der Waals surface area (Å²) in [6.07, 6.45) is 3.25. The van der Waals surface area contributed by atoms with Gasteiger partial charge in [-0.15, -0.1) is 11.3 Å². The lowest BCUT2D eigenvalue weighted by atomic mass is 9.91. The molecule has 1 saturated heterocycles. The molecule has 4 rings (SSSR count). The van der Waals surface area contributed by atoms with Crippen LogP contribution in [0.4, 0.5) is 0 Å². The fourth-order valence-electron chi connectivity index (χ4n) is 3.48. The molecule has 0 N–H and O–H groups in total. The van der Waals surface area contributed by atoms with E-state index in [1.165, 1.54) is 21.6 Å². The number of benzene rings is 1. The van der Waals surface area contributed by atoms with Crippen LogP contribution in [0.15, 0.2) is 30.3 Å². The van der Waals surface area contributed by atoms with Gasteiger partial charge in [0.1, 0.15) is 0 Å². The number of amides is 1. The first kappa shape index (κ1) is 14.9. The monoisotopic (exact) mass is 327 g/mol. The molecule has 1 aromatic heterocycles. The lowest BCUT2D eigenvalue weighted by Crippen LogP contribution is -2.45. The van der Waals surface area contributed by atoms with Gasteiger partial charge < -0.3 is 9.64 Å². The lowest BCUT2D eigenvalue weighted by Gasteiger charge is -2.32. The number of rotatable bonds is 2. The summed E-state index contributed by atoms with van der Waals surface area (Å²) < 4.78 is 5.68. The Labute approximate surface area is 140 Å². The van der Waals surface area contributed by atoms with Crippen LogP contribution in [-0.2, 0) is 17.6 Å². The van der Waals surface area contributed by atoms with Crippen molar-refractivity contribution in [3.63, 3.8) is 0 Å². The molecule has 1 fully saturated rings. The number of aryl methyl sites for hydroxylation is 2. The first-order valence-electron chi connectivity index (χ1n) is 8.38. The van der Waals surface area contributed by atoms with Gasteiger partial charge >= 0.3 is 0 Å². The van der Waals surface area contributed by atoms with Crippen molar-refractivity contribution in [3.8, 4) is 10.4 Å². The van der Waals surface area contributed by atoms with Crippen molar-refractivity contribution in [2.45, 2.75) is 32.3 Å². The Morgan fingerprint density at radius 2 is 2.13 bits per heavy atom. The van der Waals surface area contributed by atoms with Gasteiger partial charge in [-0.3, -0.25) is 4.79 Å². The van der Waals surface area contributed by atoms with Gasteiger partial charge in [-0.05, 0) is 42.0 Å². The molecule has 2 aromatic rings. The number of nitrogens with zero attached hydrogens (tertiary/aromatic N) is 1. The smallest absolute Gasteiger partial charge is 0.264 e. The van der Waals surface area contributed by atoms with E-state index < -0.39 is 0 Å². The maximum absolute atomic E-state index is 12.9. The standard InChI is InChI=1S/C19H21NO2S/c1-2-15-12-20(9-10-22-15)19(21)17-11-14-8-7-13-5-3-4-6-16(13)18(14)23-17/h3-6,11,15H,2,7-10,12H2,1H3/t15-/m0/s1. The summed E-state index contributed by atoms with van der Waals surface area (Å²) >= 11 is 1.66. The van der Waals surface area contributed by atoms with Gasteiger partial charge in [-0.25, -0.2) is 0 Å². The second-order valence-electron chi connectivity index (χ2n) is 6.27. The van der Waals surface area contributed by atoms with Crippen LogP contribution in [0.2, 0.25) is 0 Å². The van der Waals surface area contributed by atoms with Gasteiger partial charge in [0, 0.05) is 18.0 Å². The highest BCUT2D eigenvalue weighted by atomic mass is 32.1. The summed E-state index contributed by atoms with van der Waals surface area (Å²) in [5, 5.41) is 0. The second kappa shape index (κ2) is 6.10. The first-order chi connectivity index (χ1) is 11.3. The van der Waals surface area contributed by atoms with Crippen LogP contribution < -0.4 is 0 Å². The van der Waals surface area contributed by atoms with Crippen LogP contribution >= 0.6 is 11.3 Å². The molecule has 2 heterocycles. The van der Waals surface area contributed by atoms with E-state index in [9.17, 15) is 4.79 Å². The molecule has 4 heteroatoms. The summed E-state index contributed by atoms with van der Waals surface area (Å²) in [6.45, 7) is 4.18. The Morgan fingerprint density at radius 1 is 1.30 bits per heavy atom. The van der Waals surface area contributed by atoms with Crippen molar-refractivity contribution in [3.05, 3.63) is 46.3 Å². The SMILES string of the molecule is CC[C@H]1CN(C(=O)c2cc3c(s2)-c2ccccc2CC3)CCO1. The molecule has 1 aromatic carbocycles. The van der Waals surface area contributed by atoms with Crippen molar-refractivity contribution >= 4 is 17.2 Å². The third-order valence-electron chi connectivity index (χ3n) is 4.83. The third kappa shape index (κ3) is 2.70. The highest BCUT2D eigenvalue weighted by Gasteiger charge is 2.27. The molecule has 1 atom stereocenters. The number of fused-ring (bicyclic) bond motifs is 3. The minimum atomic E-state index is 0.170. The molecule has 1 aliphatic carbocycles. The molecular formula is C19H21NO2S. The second-order valence-corrected chi connectivity index (χ2v) is 7.33. The molecule has 1 aliphatic heterocycles. The number of hydrogen-bond acceptors (Lipinski definition) is 3. The third-order valence-corrected chi connectivity index (χ3v) is 6.03. The molecule has 0 bridgehead atoms. The fourth-order valence-corrected chi connectivity index (χ4v) is 4.72. The van der Waals surface area contributed by atoms with Crippen LogP contribution in [0.25, 0.3) is 10.4 Å². The maximum Gasteiger partial charge on any atom is 0.264 e. The molecule has 23 heavy (non-hydrogen) atoms. The summed E-state index contributed by atoms with van der Waals surface area (Å²) in [5.41, 5.74) is 4.04. The predicted molar refractivity (Wildman–Crippen MR) is 93.1 cm³/mol. The molecular weight excluding hydrogens is 306 g/mol. The maximum atomic E-state index is 12.9. The average Bonchev–Trinajstić information content (AvgIpc) is 3.06. The van der Waals surface area contributed by atoms with E-state index in [1.54, 1.807) is 11.3 Å². The van der Waals surface area contributed by atoms with Crippen LogP contribution in [0, 0.1) is 0 Å². The van der Waals surface area contributed by atoms with E-state index in [-0.39, 0.29) is 12.0 Å². The molecule has 0 radical (unpaired) electrons. The summed E-state index contributed by atoms with van der Waals surface area (Å²) in [4.78, 5) is 17.0. The van der Waals surface area contributed by atoms with Gasteiger partial charge in [0.25, 0.3) is 5.91 Å². The molecule has 0 saturated carbocycles. The quantitative estimate of drug-likeness (QED) is 0.840. The molecule has 0 unspecified atom stereocenters. The van der Waals surface area contributed by atoms with Crippen molar-refractivity contribution in [1.82, 2.24) is 4.90 Å². The molecule has 0 spiro atoms. The Hall–Kier alpha value is -1.65. The fraction of sp³-hybridized carbons (Fsp3) is 0.421. The van der Waals surface area contributed by atoms with Gasteiger partial charge in [0.2, 0.25) is 0 Å². The Kier molecular flexibility index (Phi) is 3.95. The van der Waals surface area contributed by atoms with E-state index in [1.807, 2.05) is 4.90 Å². The van der Waals surface area contributed by atoms with Crippen molar-refractivity contribution in [2.75, 3.05) is 19.7 Å².